The number of thiazole rings is 1. The number of aryl methyl sites for hydroxylation is 2. The molecule has 2 aromatic rings. The molecule has 1 amide bonds. The first-order valence-electron chi connectivity index (χ1n) is 8.49. The van der Waals surface area contributed by atoms with E-state index in [9.17, 15) is 13.2 Å². The summed E-state index contributed by atoms with van der Waals surface area (Å²) in [5.41, 5.74) is 2.95. The highest BCUT2D eigenvalue weighted by Gasteiger charge is 2.48. The number of nitrogens with zero attached hydrogens (tertiary/aromatic N) is 1. The molecule has 0 unspecified atom stereocenters. The third-order valence-electron chi connectivity index (χ3n) is 4.88. The zero-order valence-electron chi connectivity index (χ0n) is 15.5. The molecule has 2 heterocycles. The number of benzene rings is 1. The van der Waals surface area contributed by atoms with Gasteiger partial charge in [-0.1, -0.05) is 29.8 Å². The van der Waals surface area contributed by atoms with Crippen molar-refractivity contribution in [1.29, 1.82) is 0 Å². The zero-order chi connectivity index (χ0) is 18.9. The molecule has 27 heavy (non-hydrogen) atoms. The van der Waals surface area contributed by atoms with Crippen molar-refractivity contribution >= 4 is 44.6 Å². The van der Waals surface area contributed by atoms with Crippen LogP contribution in [-0.2, 0) is 14.6 Å². The van der Waals surface area contributed by atoms with Gasteiger partial charge in [-0.05, 0) is 39.8 Å². The van der Waals surface area contributed by atoms with Crippen LogP contribution in [0, 0.1) is 13.8 Å². The summed E-state index contributed by atoms with van der Waals surface area (Å²) in [5.74, 6) is -0.481. The number of anilines is 1. The first-order valence-corrected chi connectivity index (χ1v) is 11.2. The molecule has 1 aromatic carbocycles. The monoisotopic (exact) mass is 429 g/mol. The Kier molecular flexibility index (Phi) is 6.68. The van der Waals surface area contributed by atoms with Gasteiger partial charge in [-0.25, -0.2) is 13.4 Å². The fourth-order valence-electron chi connectivity index (χ4n) is 3.24. The van der Waals surface area contributed by atoms with Crippen molar-refractivity contribution in [3.05, 3.63) is 34.7 Å². The van der Waals surface area contributed by atoms with Crippen LogP contribution < -0.4 is 10.6 Å². The molecule has 1 saturated heterocycles. The number of sulfone groups is 1. The number of nitrogens with one attached hydrogen (secondary N) is 2. The number of halogens is 1. The molecular formula is C18H24ClN3O3S2. The Hall–Kier alpha value is -1.48. The van der Waals surface area contributed by atoms with Crippen LogP contribution in [0.3, 0.4) is 0 Å². The number of carbonyl (C=O) groups excluding carboxylic acids is 1. The molecule has 0 atom stereocenters. The van der Waals surface area contributed by atoms with Crippen LogP contribution in [0.1, 0.15) is 23.3 Å². The van der Waals surface area contributed by atoms with Gasteiger partial charge in [0, 0.05) is 16.7 Å². The fraction of sp³-hybridized carbons (Fsp3) is 0.444. The lowest BCUT2D eigenvalue weighted by atomic mass is 9.96. The van der Waals surface area contributed by atoms with Gasteiger partial charge >= 0.3 is 0 Å². The molecule has 0 spiro atoms. The van der Waals surface area contributed by atoms with Crippen LogP contribution in [0.15, 0.2) is 24.3 Å². The molecule has 1 aromatic heterocycles. The molecule has 0 saturated carbocycles. The van der Waals surface area contributed by atoms with Crippen molar-refractivity contribution < 1.29 is 13.2 Å². The summed E-state index contributed by atoms with van der Waals surface area (Å²) in [6, 6.07) is 8.02. The SMILES string of the molecule is Cc1ccc(-c2nc(NC(=O)C3(S(C)(=O)=O)CCNCC3)sc2C)cc1.Cl. The van der Waals surface area contributed by atoms with E-state index in [1.165, 1.54) is 11.3 Å². The topological polar surface area (TPSA) is 88.2 Å². The Morgan fingerprint density at radius 1 is 1.19 bits per heavy atom. The van der Waals surface area contributed by atoms with Crippen LogP contribution >= 0.6 is 23.7 Å². The highest BCUT2D eigenvalue weighted by molar-refractivity contribution is 7.92. The average Bonchev–Trinajstić information content (AvgIpc) is 2.95. The molecule has 6 nitrogen and oxygen atoms in total. The second-order valence-corrected chi connectivity index (χ2v) is 10.3. The summed E-state index contributed by atoms with van der Waals surface area (Å²) in [4.78, 5) is 18.4. The lowest BCUT2D eigenvalue weighted by Gasteiger charge is -2.33. The zero-order valence-corrected chi connectivity index (χ0v) is 18.0. The Morgan fingerprint density at radius 2 is 1.78 bits per heavy atom. The van der Waals surface area contributed by atoms with E-state index < -0.39 is 20.5 Å². The molecular weight excluding hydrogens is 406 g/mol. The van der Waals surface area contributed by atoms with Gasteiger partial charge in [0.05, 0.1) is 5.69 Å². The summed E-state index contributed by atoms with van der Waals surface area (Å²) in [6.07, 6.45) is 1.68. The summed E-state index contributed by atoms with van der Waals surface area (Å²) < 4.78 is 23.3. The molecule has 148 valence electrons. The molecule has 1 aliphatic heterocycles. The van der Waals surface area contributed by atoms with Gasteiger partial charge in [0.1, 0.15) is 0 Å². The first-order chi connectivity index (χ1) is 12.2. The van der Waals surface area contributed by atoms with E-state index in [0.29, 0.717) is 18.2 Å². The lowest BCUT2D eigenvalue weighted by molar-refractivity contribution is -0.119. The Bertz CT molecular complexity index is 918. The molecule has 3 rings (SSSR count). The number of piperidine rings is 1. The molecule has 0 radical (unpaired) electrons. The molecule has 1 aliphatic rings. The highest BCUT2D eigenvalue weighted by atomic mass is 35.5. The predicted molar refractivity (Wildman–Crippen MR) is 113 cm³/mol. The van der Waals surface area contributed by atoms with E-state index in [2.05, 4.69) is 15.6 Å². The molecule has 0 bridgehead atoms. The molecule has 1 fully saturated rings. The van der Waals surface area contributed by atoms with E-state index in [0.717, 1.165) is 28.0 Å². The van der Waals surface area contributed by atoms with Crippen molar-refractivity contribution in [3.63, 3.8) is 0 Å². The number of aromatic nitrogens is 1. The normalized spacial score (nSPS) is 16.4. The van der Waals surface area contributed by atoms with Gasteiger partial charge in [-0.3, -0.25) is 4.79 Å². The maximum atomic E-state index is 12.9. The summed E-state index contributed by atoms with van der Waals surface area (Å²) in [5, 5.41) is 6.31. The van der Waals surface area contributed by atoms with Crippen molar-refractivity contribution in [1.82, 2.24) is 10.3 Å². The first kappa shape index (κ1) is 21.8. The Balaban J connectivity index is 0.00000261. The van der Waals surface area contributed by atoms with E-state index in [-0.39, 0.29) is 25.2 Å². The largest absolute Gasteiger partial charge is 0.317 e. The highest BCUT2D eigenvalue weighted by Crippen LogP contribution is 2.33. The number of amides is 1. The van der Waals surface area contributed by atoms with Crippen molar-refractivity contribution in [3.8, 4) is 11.3 Å². The Labute approximate surface area is 170 Å². The van der Waals surface area contributed by atoms with Crippen LogP contribution in [0.4, 0.5) is 5.13 Å². The average molecular weight is 430 g/mol. The molecule has 2 N–H and O–H groups in total. The van der Waals surface area contributed by atoms with Crippen LogP contribution in [-0.4, -0.2) is 43.4 Å². The van der Waals surface area contributed by atoms with Crippen LogP contribution in [0.25, 0.3) is 11.3 Å². The standard InChI is InChI=1S/C18H23N3O3S2.ClH/c1-12-4-6-14(7-5-12)15-13(2)25-17(20-15)21-16(22)18(26(3,23)24)8-10-19-11-9-18;/h4-7,19H,8-11H2,1-3H3,(H,20,21,22);1H. The fourth-order valence-corrected chi connectivity index (χ4v) is 5.40. The summed E-state index contributed by atoms with van der Waals surface area (Å²) >= 11 is 1.36. The smallest absolute Gasteiger partial charge is 0.247 e. The number of carbonyl (C=O) groups is 1. The maximum Gasteiger partial charge on any atom is 0.247 e. The van der Waals surface area contributed by atoms with Crippen LogP contribution in [0.5, 0.6) is 0 Å². The van der Waals surface area contributed by atoms with Gasteiger partial charge < -0.3 is 10.6 Å². The number of hydrogen-bond acceptors (Lipinski definition) is 6. The number of rotatable bonds is 4. The second kappa shape index (κ2) is 8.26. The predicted octanol–water partition coefficient (Wildman–Crippen LogP) is 2.95. The minimum Gasteiger partial charge on any atom is -0.317 e. The minimum atomic E-state index is -3.54. The third kappa shape index (κ3) is 4.34. The summed E-state index contributed by atoms with van der Waals surface area (Å²) in [6.45, 7) is 4.98. The number of hydrogen-bond donors (Lipinski definition) is 2. The lowest BCUT2D eigenvalue weighted by Crippen LogP contribution is -2.55. The second-order valence-electron chi connectivity index (χ2n) is 6.76. The van der Waals surface area contributed by atoms with E-state index in [1.807, 2.05) is 38.1 Å². The van der Waals surface area contributed by atoms with Gasteiger partial charge in [-0.15, -0.1) is 23.7 Å². The summed E-state index contributed by atoms with van der Waals surface area (Å²) in [7, 11) is -3.54. The van der Waals surface area contributed by atoms with Gasteiger partial charge in [0.25, 0.3) is 0 Å². The molecule has 0 aliphatic carbocycles. The van der Waals surface area contributed by atoms with Crippen molar-refractivity contribution in [2.75, 3.05) is 24.7 Å². The van der Waals surface area contributed by atoms with Gasteiger partial charge in [0.15, 0.2) is 19.7 Å². The third-order valence-corrected chi connectivity index (χ3v) is 7.78. The van der Waals surface area contributed by atoms with Crippen molar-refractivity contribution in [2.24, 2.45) is 0 Å². The van der Waals surface area contributed by atoms with Gasteiger partial charge in [0.2, 0.25) is 5.91 Å². The molecule has 9 heteroatoms. The van der Waals surface area contributed by atoms with E-state index >= 15 is 0 Å². The van der Waals surface area contributed by atoms with Crippen molar-refractivity contribution in [2.45, 2.75) is 31.4 Å². The Morgan fingerprint density at radius 3 is 2.33 bits per heavy atom. The van der Waals surface area contributed by atoms with E-state index in [4.69, 9.17) is 0 Å². The van der Waals surface area contributed by atoms with Crippen LogP contribution in [0.2, 0.25) is 0 Å². The minimum absolute atomic E-state index is 0. The maximum absolute atomic E-state index is 12.9. The quantitative estimate of drug-likeness (QED) is 0.780. The van der Waals surface area contributed by atoms with E-state index in [1.54, 1.807) is 0 Å². The van der Waals surface area contributed by atoms with Gasteiger partial charge in [-0.2, -0.15) is 0 Å².